The predicted molar refractivity (Wildman–Crippen MR) is 181 cm³/mol. The Labute approximate surface area is 301 Å². The first-order chi connectivity index (χ1) is 23.6. The van der Waals surface area contributed by atoms with Crippen molar-refractivity contribution in [3.63, 3.8) is 0 Å². The summed E-state index contributed by atoms with van der Waals surface area (Å²) in [4.78, 5) is 3.23. The van der Waals surface area contributed by atoms with Crippen LogP contribution in [0.4, 0.5) is 37.7 Å². The molecule has 0 spiro atoms. The molecule has 282 valence electrons. The summed E-state index contributed by atoms with van der Waals surface area (Å²) in [6.07, 6.45) is -4.62. The molecule has 3 aromatic rings. The molecule has 0 aliphatic carbocycles. The van der Waals surface area contributed by atoms with Gasteiger partial charge in [0.25, 0.3) is 15.9 Å². The molecule has 0 saturated heterocycles. The lowest BCUT2D eigenvalue weighted by Gasteiger charge is -2.24. The molecule has 1 aliphatic rings. The summed E-state index contributed by atoms with van der Waals surface area (Å²) in [5.74, 6) is -0.448. The van der Waals surface area contributed by atoms with Crippen LogP contribution in [-0.4, -0.2) is 55.1 Å². The lowest BCUT2D eigenvalue weighted by Crippen LogP contribution is -2.37. The van der Waals surface area contributed by atoms with E-state index >= 15 is 0 Å². The van der Waals surface area contributed by atoms with Crippen LogP contribution in [0.1, 0.15) is 56.5 Å². The number of halogens is 8. The van der Waals surface area contributed by atoms with E-state index in [9.17, 15) is 47.7 Å². The molecule has 0 saturated carbocycles. The van der Waals surface area contributed by atoms with E-state index in [-0.39, 0.29) is 63.1 Å². The first-order valence-corrected chi connectivity index (χ1v) is 19.6. The zero-order valence-corrected chi connectivity index (χ0v) is 30.4. The molecule has 0 atom stereocenters. The first-order valence-electron chi connectivity index (χ1n) is 15.6. The highest BCUT2D eigenvalue weighted by Gasteiger charge is 2.39. The second kappa shape index (κ2) is 15.5. The van der Waals surface area contributed by atoms with Crippen LogP contribution < -0.4 is 14.4 Å². The van der Waals surface area contributed by atoms with Crippen molar-refractivity contribution in [2.24, 2.45) is 0 Å². The topological polar surface area (TPSA) is 127 Å². The lowest BCUT2D eigenvalue weighted by molar-refractivity contribution is -0.674. The number of allylic oxidation sites excluding steroid dienone is 2. The van der Waals surface area contributed by atoms with Gasteiger partial charge in [0, 0.05) is 37.1 Å². The summed E-state index contributed by atoms with van der Waals surface area (Å²) in [5, 5.41) is -1.06. The Hall–Kier alpha value is -3.03. The molecule has 0 unspecified atom stereocenters. The van der Waals surface area contributed by atoms with E-state index in [2.05, 4.69) is 0 Å². The van der Waals surface area contributed by atoms with E-state index in [1.807, 2.05) is 0 Å². The Morgan fingerprint density at radius 1 is 0.824 bits per heavy atom. The third-order valence-corrected chi connectivity index (χ3v) is 10.4. The summed E-state index contributed by atoms with van der Waals surface area (Å²) < 4.78 is 152. The lowest BCUT2D eigenvalue weighted by atomic mass is 10.1. The predicted octanol–water partition coefficient (Wildman–Crippen LogP) is 7.49. The summed E-state index contributed by atoms with van der Waals surface area (Å²) in [7, 11) is -8.80. The van der Waals surface area contributed by atoms with Gasteiger partial charge in [0.05, 0.1) is 61.5 Å². The number of hydrogen-bond acceptors (Lipinski definition) is 7. The average Bonchev–Trinajstić information content (AvgIpc) is 3.44. The van der Waals surface area contributed by atoms with Gasteiger partial charge in [-0.1, -0.05) is 29.3 Å². The maximum absolute atomic E-state index is 13.9. The molecule has 1 aromatic heterocycles. The number of unbranched alkanes of at least 4 members (excludes halogenated alkanes) is 2. The van der Waals surface area contributed by atoms with Gasteiger partial charge in [-0.25, -0.2) is 17.6 Å². The molecule has 0 amide bonds. The molecular weight excluding hydrogens is 773 g/mol. The third kappa shape index (κ3) is 9.70. The number of hydrogen-bond donors (Lipinski definition) is 1. The standard InChI is InChI=1S/C31H34Cl2F6N4O6S2/c1-3-40-26-18-22(32)20(30(34,35)36)16-24(26)42(12-5-7-14-50(44,45)46)28(40)10-9-11-29-41(4-2)27-19-23(33)21(31(37,38)39)17-25(27)43(29)13-6-8-15-51(47,48)49/h9-11,16-19H,3-8,12-15H2,1-2H3,(H-,44,45,46,47,48,49). The molecule has 0 bridgehead atoms. The normalized spacial score (nSPS) is 15.3. The van der Waals surface area contributed by atoms with Crippen molar-refractivity contribution >= 4 is 71.9 Å². The molecule has 10 nitrogen and oxygen atoms in total. The zero-order chi connectivity index (χ0) is 38.1. The van der Waals surface area contributed by atoms with Crippen molar-refractivity contribution in [3.05, 3.63) is 69.2 Å². The van der Waals surface area contributed by atoms with E-state index in [0.29, 0.717) is 22.8 Å². The van der Waals surface area contributed by atoms with Crippen molar-refractivity contribution in [2.75, 3.05) is 34.4 Å². The smallest absolute Gasteiger partial charge is 0.418 e. The molecular formula is C31H34Cl2F6N4O6S2. The highest BCUT2D eigenvalue weighted by Crippen LogP contribution is 2.48. The molecule has 51 heavy (non-hydrogen) atoms. The zero-order valence-electron chi connectivity index (χ0n) is 27.2. The van der Waals surface area contributed by atoms with Crippen LogP contribution in [0, 0.1) is 0 Å². The minimum absolute atomic E-state index is 0.00630. The number of benzene rings is 2. The maximum Gasteiger partial charge on any atom is 0.418 e. The Balaban J connectivity index is 1.84. The fourth-order valence-electron chi connectivity index (χ4n) is 6.00. The van der Waals surface area contributed by atoms with Gasteiger partial charge in [0.2, 0.25) is 0 Å². The fraction of sp³-hybridized carbons (Fsp3) is 0.452. The van der Waals surface area contributed by atoms with Crippen LogP contribution in [0.2, 0.25) is 10.0 Å². The molecule has 2 heterocycles. The van der Waals surface area contributed by atoms with E-state index in [0.717, 1.165) is 12.1 Å². The summed E-state index contributed by atoms with van der Waals surface area (Å²) in [6, 6.07) is 4.17. The second-order valence-corrected chi connectivity index (χ2v) is 15.5. The van der Waals surface area contributed by atoms with Crippen molar-refractivity contribution < 1.29 is 56.9 Å². The van der Waals surface area contributed by atoms with Crippen LogP contribution >= 0.6 is 23.2 Å². The van der Waals surface area contributed by atoms with Gasteiger partial charge in [0.15, 0.2) is 11.0 Å². The number of nitrogens with zero attached hydrogens (tertiary/aromatic N) is 4. The van der Waals surface area contributed by atoms with Crippen LogP contribution in [0.15, 0.2) is 42.2 Å². The monoisotopic (exact) mass is 806 g/mol. The molecule has 1 aliphatic heterocycles. The molecule has 2 aromatic carbocycles. The van der Waals surface area contributed by atoms with Gasteiger partial charge in [0.1, 0.15) is 5.82 Å². The van der Waals surface area contributed by atoms with Crippen molar-refractivity contribution in [1.82, 2.24) is 4.57 Å². The first kappa shape index (κ1) is 40.7. The number of alkyl halides is 6. The number of imidazole rings is 1. The van der Waals surface area contributed by atoms with Crippen molar-refractivity contribution in [1.29, 1.82) is 0 Å². The Kier molecular flexibility index (Phi) is 12.4. The van der Waals surface area contributed by atoms with E-state index in [1.165, 1.54) is 12.1 Å². The molecule has 1 N–H and O–H groups in total. The molecule has 4 rings (SSSR count). The number of rotatable bonds is 14. The second-order valence-electron chi connectivity index (χ2n) is 11.6. The third-order valence-electron chi connectivity index (χ3n) is 8.19. The molecule has 0 radical (unpaired) electrons. The Morgan fingerprint density at radius 2 is 1.41 bits per heavy atom. The number of aryl methyl sites for hydroxylation is 2. The quantitative estimate of drug-likeness (QED) is 0.0769. The summed E-state index contributed by atoms with van der Waals surface area (Å²) in [5.41, 5.74) is -1.16. The highest BCUT2D eigenvalue weighted by atomic mass is 35.5. The van der Waals surface area contributed by atoms with Crippen LogP contribution in [0.3, 0.4) is 0 Å². The van der Waals surface area contributed by atoms with Gasteiger partial charge < -0.3 is 14.4 Å². The fourth-order valence-corrected chi connectivity index (χ4v) is 7.66. The summed E-state index contributed by atoms with van der Waals surface area (Å²) >= 11 is 12.1. The van der Waals surface area contributed by atoms with Gasteiger partial charge in [-0.15, -0.1) is 0 Å². The van der Waals surface area contributed by atoms with E-state index < -0.39 is 65.3 Å². The Bertz CT molecular complexity index is 2070. The van der Waals surface area contributed by atoms with Gasteiger partial charge >= 0.3 is 12.4 Å². The van der Waals surface area contributed by atoms with Gasteiger partial charge in [-0.05, 0) is 57.7 Å². The molecule has 0 fully saturated rings. The van der Waals surface area contributed by atoms with Gasteiger partial charge in [-0.2, -0.15) is 34.8 Å². The minimum atomic E-state index is -4.78. The van der Waals surface area contributed by atoms with Crippen LogP contribution in [0.5, 0.6) is 0 Å². The largest absolute Gasteiger partial charge is 0.748 e. The number of anilines is 2. The van der Waals surface area contributed by atoms with Crippen LogP contribution in [-0.2, 0) is 45.7 Å². The Morgan fingerprint density at radius 3 is 1.98 bits per heavy atom. The minimum Gasteiger partial charge on any atom is -0.748 e. The van der Waals surface area contributed by atoms with Gasteiger partial charge in [-0.3, -0.25) is 4.55 Å². The number of aromatic nitrogens is 2. The van der Waals surface area contributed by atoms with E-state index in [4.69, 9.17) is 27.8 Å². The van der Waals surface area contributed by atoms with E-state index in [1.54, 1.807) is 51.0 Å². The number of fused-ring (bicyclic) bond motifs is 2. The van der Waals surface area contributed by atoms with Crippen LogP contribution in [0.25, 0.3) is 17.1 Å². The van der Waals surface area contributed by atoms with Crippen molar-refractivity contribution in [3.8, 4) is 0 Å². The highest BCUT2D eigenvalue weighted by molar-refractivity contribution is 7.85. The van der Waals surface area contributed by atoms with Crippen molar-refractivity contribution in [2.45, 2.75) is 65.0 Å². The summed E-state index contributed by atoms with van der Waals surface area (Å²) in [6.45, 7) is 4.11. The maximum atomic E-state index is 13.9. The molecule has 20 heteroatoms. The average molecular weight is 808 g/mol. The SMILES string of the molecule is CCN1/C(=C\C=C\c2n(CC)c3cc(Cl)c(C(F)(F)F)cc3[n+]2CCCCS(=O)(=O)O)N(CCCCS(=O)(=O)[O-])c2cc(C(F)(F)F)c(Cl)cc21.